The van der Waals surface area contributed by atoms with Crippen LogP contribution in [-0.4, -0.2) is 12.6 Å². The average Bonchev–Trinajstić information content (AvgIpc) is 2.48. The van der Waals surface area contributed by atoms with Gasteiger partial charge in [0.2, 0.25) is 0 Å². The number of nitrogens with zero attached hydrogens (tertiary/aromatic N) is 2. The lowest BCUT2D eigenvalue weighted by Gasteiger charge is -2.08. The Kier molecular flexibility index (Phi) is 5.00. The Hall–Kier alpha value is -2.49. The summed E-state index contributed by atoms with van der Waals surface area (Å²) in [7, 11) is 0. The van der Waals surface area contributed by atoms with Crippen LogP contribution in [0.4, 0.5) is 11.4 Å². The molecule has 4 heteroatoms. The molecule has 1 unspecified atom stereocenters. The minimum atomic E-state index is -0.121. The maximum absolute atomic E-state index is 10.2. The van der Waals surface area contributed by atoms with E-state index in [0.717, 1.165) is 16.9 Å². The second-order valence-electron chi connectivity index (χ2n) is 4.45. The average molecular weight is 268 g/mol. The van der Waals surface area contributed by atoms with E-state index in [1.165, 1.54) is 0 Å². The Morgan fingerprint density at radius 3 is 2.20 bits per heavy atom. The first-order chi connectivity index (χ1) is 9.78. The van der Waals surface area contributed by atoms with Gasteiger partial charge in [-0.15, -0.1) is 0 Å². The van der Waals surface area contributed by atoms with Gasteiger partial charge in [-0.2, -0.15) is 10.2 Å². The quantitative estimate of drug-likeness (QED) is 0.582. The standard InChI is InChI=1S/C16H16N2O2/c1-13(20-12-19)11-14-7-9-16(10-8-14)18-17-15-5-3-2-4-6-15/h2-10,12-13H,11H2,1H3. The molecule has 0 amide bonds. The highest BCUT2D eigenvalue weighted by atomic mass is 16.5. The van der Waals surface area contributed by atoms with E-state index in [-0.39, 0.29) is 6.10 Å². The smallest absolute Gasteiger partial charge is 0.293 e. The van der Waals surface area contributed by atoms with Gasteiger partial charge in [-0.05, 0) is 36.8 Å². The summed E-state index contributed by atoms with van der Waals surface area (Å²) in [5, 5.41) is 8.32. The normalized spacial score (nSPS) is 12.2. The molecule has 0 aromatic heterocycles. The highest BCUT2D eigenvalue weighted by Crippen LogP contribution is 2.18. The Bertz CT molecular complexity index is 565. The molecule has 0 N–H and O–H groups in total. The molecule has 1 atom stereocenters. The predicted octanol–water partition coefficient (Wildman–Crippen LogP) is 4.21. The van der Waals surface area contributed by atoms with Crippen molar-refractivity contribution < 1.29 is 9.53 Å². The predicted molar refractivity (Wildman–Crippen MR) is 77.4 cm³/mol. The summed E-state index contributed by atoms with van der Waals surface area (Å²) in [5.74, 6) is 0. The first kappa shape index (κ1) is 13.9. The van der Waals surface area contributed by atoms with Gasteiger partial charge in [0.25, 0.3) is 6.47 Å². The second kappa shape index (κ2) is 7.19. The van der Waals surface area contributed by atoms with Gasteiger partial charge in [-0.3, -0.25) is 4.79 Å². The van der Waals surface area contributed by atoms with E-state index in [1.807, 2.05) is 61.5 Å². The van der Waals surface area contributed by atoms with Gasteiger partial charge in [0.15, 0.2) is 0 Å². The maximum Gasteiger partial charge on any atom is 0.293 e. The molecule has 20 heavy (non-hydrogen) atoms. The third kappa shape index (κ3) is 4.31. The summed E-state index contributed by atoms with van der Waals surface area (Å²) in [6, 6.07) is 17.3. The van der Waals surface area contributed by atoms with Crippen molar-refractivity contribution in [2.24, 2.45) is 10.2 Å². The number of hydrogen-bond acceptors (Lipinski definition) is 4. The van der Waals surface area contributed by atoms with Crippen LogP contribution in [0.3, 0.4) is 0 Å². The van der Waals surface area contributed by atoms with Crippen molar-refractivity contribution in [3.63, 3.8) is 0 Å². The topological polar surface area (TPSA) is 51.0 Å². The van der Waals surface area contributed by atoms with E-state index in [4.69, 9.17) is 4.74 Å². The summed E-state index contributed by atoms with van der Waals surface area (Å²) in [6.07, 6.45) is 0.568. The van der Waals surface area contributed by atoms with E-state index < -0.39 is 0 Å². The number of benzene rings is 2. The van der Waals surface area contributed by atoms with Crippen LogP contribution >= 0.6 is 0 Å². The van der Waals surface area contributed by atoms with Crippen molar-refractivity contribution in [3.05, 3.63) is 60.2 Å². The van der Waals surface area contributed by atoms with Gasteiger partial charge in [0, 0.05) is 6.42 Å². The van der Waals surface area contributed by atoms with Crippen LogP contribution in [0, 0.1) is 0 Å². The first-order valence-corrected chi connectivity index (χ1v) is 6.43. The molecule has 2 aromatic carbocycles. The van der Waals surface area contributed by atoms with Crippen molar-refractivity contribution in [2.45, 2.75) is 19.4 Å². The van der Waals surface area contributed by atoms with Crippen LogP contribution in [0.5, 0.6) is 0 Å². The molecule has 0 fully saturated rings. The molecule has 0 aliphatic rings. The van der Waals surface area contributed by atoms with E-state index >= 15 is 0 Å². The minimum absolute atomic E-state index is 0.121. The zero-order valence-electron chi connectivity index (χ0n) is 11.3. The van der Waals surface area contributed by atoms with Crippen LogP contribution in [0.2, 0.25) is 0 Å². The molecular formula is C16H16N2O2. The highest BCUT2D eigenvalue weighted by Gasteiger charge is 2.03. The fourth-order valence-electron chi connectivity index (χ4n) is 1.78. The van der Waals surface area contributed by atoms with Gasteiger partial charge >= 0.3 is 0 Å². The van der Waals surface area contributed by atoms with Crippen molar-refractivity contribution in [2.75, 3.05) is 0 Å². The van der Waals surface area contributed by atoms with Crippen LogP contribution in [-0.2, 0) is 16.0 Å². The lowest BCUT2D eigenvalue weighted by atomic mass is 10.1. The van der Waals surface area contributed by atoms with Gasteiger partial charge in [-0.25, -0.2) is 0 Å². The Balaban J connectivity index is 1.98. The number of carbonyl (C=O) groups is 1. The summed E-state index contributed by atoms with van der Waals surface area (Å²) in [4.78, 5) is 10.2. The zero-order valence-corrected chi connectivity index (χ0v) is 11.3. The third-order valence-electron chi connectivity index (χ3n) is 2.78. The van der Waals surface area contributed by atoms with Crippen LogP contribution in [0.1, 0.15) is 12.5 Å². The molecule has 2 aromatic rings. The largest absolute Gasteiger partial charge is 0.465 e. The summed E-state index contributed by atoms with van der Waals surface area (Å²) >= 11 is 0. The molecule has 0 aliphatic carbocycles. The number of ether oxygens (including phenoxy) is 1. The fraction of sp³-hybridized carbons (Fsp3) is 0.188. The highest BCUT2D eigenvalue weighted by molar-refractivity contribution is 5.41. The fourth-order valence-corrected chi connectivity index (χ4v) is 1.78. The summed E-state index contributed by atoms with van der Waals surface area (Å²) in [6.45, 7) is 2.34. The van der Waals surface area contributed by atoms with Crippen LogP contribution in [0.15, 0.2) is 64.8 Å². The molecule has 0 radical (unpaired) electrons. The first-order valence-electron chi connectivity index (χ1n) is 6.43. The van der Waals surface area contributed by atoms with E-state index in [2.05, 4.69) is 10.2 Å². The minimum Gasteiger partial charge on any atom is -0.465 e. The van der Waals surface area contributed by atoms with E-state index in [1.54, 1.807) is 0 Å². The Morgan fingerprint density at radius 1 is 1.00 bits per heavy atom. The van der Waals surface area contributed by atoms with Crippen LogP contribution < -0.4 is 0 Å². The van der Waals surface area contributed by atoms with Crippen LogP contribution in [0.25, 0.3) is 0 Å². The summed E-state index contributed by atoms with van der Waals surface area (Å²) in [5.41, 5.74) is 2.71. The van der Waals surface area contributed by atoms with Gasteiger partial charge < -0.3 is 4.74 Å². The van der Waals surface area contributed by atoms with E-state index in [0.29, 0.717) is 12.9 Å². The molecule has 4 nitrogen and oxygen atoms in total. The lowest BCUT2D eigenvalue weighted by Crippen LogP contribution is -2.10. The molecule has 2 rings (SSSR count). The number of rotatable bonds is 6. The third-order valence-corrected chi connectivity index (χ3v) is 2.78. The molecule has 0 saturated heterocycles. The molecule has 102 valence electrons. The number of azo groups is 1. The molecule has 0 spiro atoms. The van der Waals surface area contributed by atoms with Gasteiger partial charge in [0.1, 0.15) is 6.10 Å². The number of carbonyl (C=O) groups excluding carboxylic acids is 1. The Labute approximate surface area is 118 Å². The number of hydrogen-bond donors (Lipinski definition) is 0. The molecule has 0 aliphatic heterocycles. The van der Waals surface area contributed by atoms with Crippen molar-refractivity contribution in [1.82, 2.24) is 0 Å². The molecular weight excluding hydrogens is 252 g/mol. The van der Waals surface area contributed by atoms with Crippen molar-refractivity contribution in [3.8, 4) is 0 Å². The van der Waals surface area contributed by atoms with E-state index in [9.17, 15) is 4.79 Å². The SMILES string of the molecule is CC(Cc1ccc(N=Nc2ccccc2)cc1)OC=O. The lowest BCUT2D eigenvalue weighted by molar-refractivity contribution is -0.132. The maximum atomic E-state index is 10.2. The molecule has 0 saturated carbocycles. The monoisotopic (exact) mass is 268 g/mol. The zero-order chi connectivity index (χ0) is 14.2. The Morgan fingerprint density at radius 2 is 1.60 bits per heavy atom. The molecule has 0 bridgehead atoms. The van der Waals surface area contributed by atoms with Crippen molar-refractivity contribution >= 4 is 17.8 Å². The van der Waals surface area contributed by atoms with Gasteiger partial charge in [-0.1, -0.05) is 30.3 Å². The van der Waals surface area contributed by atoms with Gasteiger partial charge in [0.05, 0.1) is 11.4 Å². The molecule has 0 heterocycles. The van der Waals surface area contributed by atoms with Crippen molar-refractivity contribution in [1.29, 1.82) is 0 Å². The summed E-state index contributed by atoms with van der Waals surface area (Å²) < 4.78 is 4.86. The second-order valence-corrected chi connectivity index (χ2v) is 4.45.